The van der Waals surface area contributed by atoms with Crippen LogP contribution in [0.25, 0.3) is 0 Å². The molecule has 0 fully saturated rings. The Kier molecular flexibility index (Phi) is 6.10. The van der Waals surface area contributed by atoms with E-state index in [1.54, 1.807) is 18.2 Å². The molecular formula is C13H12Cl2N6O3. The zero-order valence-corrected chi connectivity index (χ0v) is 13.6. The van der Waals surface area contributed by atoms with E-state index in [9.17, 15) is 14.4 Å². The number of anilines is 1. The number of carbonyl (C=O) groups excluding carboxylic acids is 1. The van der Waals surface area contributed by atoms with E-state index in [0.29, 0.717) is 15.6 Å². The highest BCUT2D eigenvalue weighted by Gasteiger charge is 2.04. The number of halogens is 2. The van der Waals surface area contributed by atoms with Crippen LogP contribution in [0.4, 0.5) is 5.82 Å². The predicted octanol–water partition coefficient (Wildman–Crippen LogP) is 0.717. The molecule has 0 saturated carbocycles. The molecule has 1 aromatic heterocycles. The van der Waals surface area contributed by atoms with Crippen molar-refractivity contribution in [2.24, 2.45) is 5.10 Å². The van der Waals surface area contributed by atoms with Crippen LogP contribution >= 0.6 is 23.2 Å². The molecule has 1 amide bonds. The molecule has 0 spiro atoms. The first-order valence-electron chi connectivity index (χ1n) is 6.65. The van der Waals surface area contributed by atoms with E-state index in [1.165, 1.54) is 6.21 Å². The number of aromatic amines is 2. The zero-order chi connectivity index (χ0) is 17.5. The first-order chi connectivity index (χ1) is 11.5. The summed E-state index contributed by atoms with van der Waals surface area (Å²) in [5.41, 5.74) is 1.62. The summed E-state index contributed by atoms with van der Waals surface area (Å²) < 4.78 is 0. The lowest BCUT2D eigenvalue weighted by molar-refractivity contribution is -0.120. The minimum atomic E-state index is -0.708. The molecule has 0 aliphatic rings. The van der Waals surface area contributed by atoms with Gasteiger partial charge in [0.1, 0.15) is 0 Å². The van der Waals surface area contributed by atoms with Gasteiger partial charge in [-0.25, -0.2) is 15.3 Å². The van der Waals surface area contributed by atoms with Gasteiger partial charge in [0.05, 0.1) is 16.3 Å². The molecule has 9 nitrogen and oxygen atoms in total. The summed E-state index contributed by atoms with van der Waals surface area (Å²) in [4.78, 5) is 35.8. The highest BCUT2D eigenvalue weighted by atomic mass is 35.5. The maximum absolute atomic E-state index is 11.6. The first kappa shape index (κ1) is 17.7. The fourth-order valence-corrected chi connectivity index (χ4v) is 1.90. The van der Waals surface area contributed by atoms with Crippen molar-refractivity contribution in [3.63, 3.8) is 0 Å². The van der Waals surface area contributed by atoms with Crippen LogP contribution in [0.2, 0.25) is 10.0 Å². The monoisotopic (exact) mass is 370 g/mol. The van der Waals surface area contributed by atoms with Gasteiger partial charge >= 0.3 is 5.69 Å². The quantitative estimate of drug-likeness (QED) is 0.439. The van der Waals surface area contributed by atoms with E-state index in [1.807, 2.05) is 4.98 Å². The van der Waals surface area contributed by atoms with E-state index in [4.69, 9.17) is 23.2 Å². The topological polar surface area (TPSA) is 132 Å². The van der Waals surface area contributed by atoms with E-state index >= 15 is 0 Å². The number of nitrogens with zero attached hydrogens (tertiary/aromatic N) is 2. The van der Waals surface area contributed by atoms with Crippen molar-refractivity contribution in [1.82, 2.24) is 20.6 Å². The molecule has 1 heterocycles. The second-order valence-corrected chi connectivity index (χ2v) is 5.31. The lowest BCUT2D eigenvalue weighted by atomic mass is 10.2. The molecule has 0 bridgehead atoms. The standard InChI is InChI=1S/C13H12Cl2N6O3/c14-8-2-1-7(5-9(8)15)6-17-19-10(22)3-4-16-11-12(23)18-13(24)21-20-11/h1-2,5-6H,3-4H2,(H,16,20)(H,19,22)(H2,18,21,23,24)/b17-6+. The summed E-state index contributed by atoms with van der Waals surface area (Å²) in [6.07, 6.45) is 1.46. The Morgan fingerprint density at radius 3 is 2.79 bits per heavy atom. The smallest absolute Gasteiger partial charge is 0.342 e. The van der Waals surface area contributed by atoms with E-state index in [2.05, 4.69) is 26.0 Å². The number of carbonyl (C=O) groups is 1. The van der Waals surface area contributed by atoms with Crippen molar-refractivity contribution in [1.29, 1.82) is 0 Å². The molecule has 24 heavy (non-hydrogen) atoms. The second kappa shape index (κ2) is 8.27. The number of H-pyrrole nitrogens is 2. The minimum absolute atomic E-state index is 0.0406. The zero-order valence-electron chi connectivity index (χ0n) is 12.1. The van der Waals surface area contributed by atoms with E-state index in [0.717, 1.165) is 0 Å². The lowest BCUT2D eigenvalue weighted by Crippen LogP contribution is -2.28. The SMILES string of the molecule is O=C(CCNc1n[nH]c(=O)[nH]c1=O)N/N=C/c1ccc(Cl)c(Cl)c1. The fourth-order valence-electron chi connectivity index (χ4n) is 1.59. The Hall–Kier alpha value is -2.65. The van der Waals surface area contributed by atoms with Gasteiger partial charge in [0.2, 0.25) is 11.7 Å². The van der Waals surface area contributed by atoms with E-state index in [-0.39, 0.29) is 24.7 Å². The van der Waals surface area contributed by atoms with Crippen molar-refractivity contribution >= 4 is 41.1 Å². The van der Waals surface area contributed by atoms with Crippen LogP contribution in [0, 0.1) is 0 Å². The molecule has 2 aromatic rings. The Morgan fingerprint density at radius 2 is 2.08 bits per heavy atom. The summed E-state index contributed by atoms with van der Waals surface area (Å²) in [6, 6.07) is 4.92. The molecule has 126 valence electrons. The molecule has 11 heteroatoms. The second-order valence-electron chi connectivity index (χ2n) is 4.50. The van der Waals surface area contributed by atoms with Crippen LogP contribution in [0.5, 0.6) is 0 Å². The Labute approximate surface area is 145 Å². The fraction of sp³-hybridized carbons (Fsp3) is 0.154. The number of amides is 1. The van der Waals surface area contributed by atoms with E-state index < -0.39 is 11.2 Å². The summed E-state index contributed by atoms with van der Waals surface area (Å²) in [6.45, 7) is 0.135. The molecular weight excluding hydrogens is 359 g/mol. The summed E-state index contributed by atoms with van der Waals surface area (Å²) in [7, 11) is 0. The number of benzene rings is 1. The first-order valence-corrected chi connectivity index (χ1v) is 7.41. The molecule has 0 unspecified atom stereocenters. The maximum Gasteiger partial charge on any atom is 0.342 e. The van der Waals surface area contributed by atoms with Crippen LogP contribution in [-0.4, -0.2) is 33.8 Å². The normalized spacial score (nSPS) is 10.8. The molecule has 0 aliphatic carbocycles. The molecule has 0 aliphatic heterocycles. The van der Waals surface area contributed by atoms with Crippen molar-refractivity contribution in [3.8, 4) is 0 Å². The summed E-state index contributed by atoms with van der Waals surface area (Å²) in [5.74, 6) is -0.457. The Bertz CT molecular complexity index is 876. The van der Waals surface area contributed by atoms with Gasteiger partial charge < -0.3 is 5.32 Å². The van der Waals surface area contributed by atoms with Gasteiger partial charge in [0.15, 0.2) is 0 Å². The number of hydrazone groups is 1. The lowest BCUT2D eigenvalue weighted by Gasteiger charge is -2.03. The molecule has 2 rings (SSSR count). The number of aromatic nitrogens is 3. The number of hydrogen-bond acceptors (Lipinski definition) is 6. The Morgan fingerprint density at radius 1 is 1.29 bits per heavy atom. The van der Waals surface area contributed by atoms with Crippen LogP contribution in [0.15, 0.2) is 32.9 Å². The third kappa shape index (κ3) is 5.21. The number of nitrogens with one attached hydrogen (secondary N) is 4. The van der Waals surface area contributed by atoms with Crippen LogP contribution in [0.1, 0.15) is 12.0 Å². The van der Waals surface area contributed by atoms with Crippen molar-refractivity contribution in [2.45, 2.75) is 6.42 Å². The van der Waals surface area contributed by atoms with Crippen LogP contribution in [0.3, 0.4) is 0 Å². The third-order valence-corrected chi connectivity index (χ3v) is 3.44. The summed E-state index contributed by atoms with van der Waals surface area (Å²) in [5, 5.41) is 12.8. The van der Waals surface area contributed by atoms with Crippen LogP contribution < -0.4 is 22.0 Å². The largest absolute Gasteiger partial charge is 0.364 e. The van der Waals surface area contributed by atoms with Gasteiger partial charge in [-0.15, -0.1) is 5.10 Å². The van der Waals surface area contributed by atoms with Gasteiger partial charge in [0.25, 0.3) is 5.56 Å². The average molecular weight is 371 g/mol. The molecule has 0 atom stereocenters. The average Bonchev–Trinajstić information content (AvgIpc) is 2.53. The maximum atomic E-state index is 11.6. The molecule has 0 radical (unpaired) electrons. The van der Waals surface area contributed by atoms with Gasteiger partial charge in [-0.1, -0.05) is 29.3 Å². The molecule has 1 aromatic carbocycles. The van der Waals surface area contributed by atoms with Gasteiger partial charge in [-0.2, -0.15) is 5.10 Å². The van der Waals surface area contributed by atoms with Crippen LogP contribution in [-0.2, 0) is 4.79 Å². The highest BCUT2D eigenvalue weighted by Crippen LogP contribution is 2.21. The summed E-state index contributed by atoms with van der Waals surface area (Å²) >= 11 is 11.6. The molecule has 4 N–H and O–H groups in total. The highest BCUT2D eigenvalue weighted by molar-refractivity contribution is 6.42. The van der Waals surface area contributed by atoms with Gasteiger partial charge in [0, 0.05) is 13.0 Å². The van der Waals surface area contributed by atoms with Crippen molar-refractivity contribution < 1.29 is 4.79 Å². The van der Waals surface area contributed by atoms with Crippen molar-refractivity contribution in [2.75, 3.05) is 11.9 Å². The van der Waals surface area contributed by atoms with Crippen molar-refractivity contribution in [3.05, 3.63) is 54.6 Å². The number of rotatable bonds is 6. The number of hydrogen-bond donors (Lipinski definition) is 4. The minimum Gasteiger partial charge on any atom is -0.364 e. The van der Waals surface area contributed by atoms with Gasteiger partial charge in [-0.3, -0.25) is 14.6 Å². The molecule has 0 saturated heterocycles. The third-order valence-electron chi connectivity index (χ3n) is 2.70. The predicted molar refractivity (Wildman–Crippen MR) is 90.8 cm³/mol. The Balaban J connectivity index is 1.78. The van der Waals surface area contributed by atoms with Gasteiger partial charge in [-0.05, 0) is 17.7 Å².